The molecule has 0 aliphatic heterocycles. The van der Waals surface area contributed by atoms with E-state index in [1.807, 2.05) is 42.8 Å². The van der Waals surface area contributed by atoms with Crippen molar-refractivity contribution in [2.45, 2.75) is 32.0 Å². The summed E-state index contributed by atoms with van der Waals surface area (Å²) in [4.78, 5) is 0. The van der Waals surface area contributed by atoms with Crippen LogP contribution in [0.25, 0.3) is 10.9 Å². The third-order valence-corrected chi connectivity index (χ3v) is 4.52. The Bertz CT molecular complexity index is 915. The Morgan fingerprint density at radius 3 is 2.54 bits per heavy atom. The van der Waals surface area contributed by atoms with Crippen LogP contribution in [-0.4, -0.2) is 10.6 Å². The number of rotatable bonds is 5. The molecule has 0 fully saturated rings. The molecule has 0 spiro atoms. The molecular weight excluding hydrogens is 341 g/mol. The van der Waals surface area contributed by atoms with Crippen molar-refractivity contribution in [1.82, 2.24) is 4.57 Å². The second-order valence-electron chi connectivity index (χ2n) is 6.36. The van der Waals surface area contributed by atoms with E-state index < -0.39 is 11.7 Å². The smallest absolute Gasteiger partial charge is 0.416 e. The Labute approximate surface area is 150 Å². The number of halogens is 3. The van der Waals surface area contributed by atoms with E-state index in [0.717, 1.165) is 35.0 Å². The molecule has 0 saturated carbocycles. The summed E-state index contributed by atoms with van der Waals surface area (Å²) in [5.74, 6) is 0.673. The zero-order valence-electron chi connectivity index (χ0n) is 14.7. The van der Waals surface area contributed by atoms with Crippen LogP contribution in [0.5, 0.6) is 11.6 Å². The number of hydrogen-bond acceptors (Lipinski definition) is 2. The summed E-state index contributed by atoms with van der Waals surface area (Å²) in [5, 5.41) is 1.00. The molecule has 3 nitrogen and oxygen atoms in total. The van der Waals surface area contributed by atoms with Crippen molar-refractivity contribution in [3.63, 3.8) is 0 Å². The summed E-state index contributed by atoms with van der Waals surface area (Å²) in [6, 6.07) is 12.6. The largest absolute Gasteiger partial charge is 0.441 e. The number of para-hydroxylation sites is 1. The topological polar surface area (TPSA) is 40.2 Å². The summed E-state index contributed by atoms with van der Waals surface area (Å²) in [7, 11) is 1.84. The minimum absolute atomic E-state index is 0.0512. The summed E-state index contributed by atoms with van der Waals surface area (Å²) in [5.41, 5.74) is 7.26. The maximum absolute atomic E-state index is 13.0. The first-order valence-electron chi connectivity index (χ1n) is 8.48. The summed E-state index contributed by atoms with van der Waals surface area (Å²) < 4.78 is 46.7. The molecule has 0 radical (unpaired) electrons. The molecule has 0 aliphatic rings. The lowest BCUT2D eigenvalue weighted by Crippen LogP contribution is -2.21. The molecule has 0 amide bonds. The number of fused-ring (bicyclic) bond motifs is 1. The van der Waals surface area contributed by atoms with Crippen molar-refractivity contribution in [2.75, 3.05) is 0 Å². The zero-order valence-corrected chi connectivity index (χ0v) is 14.7. The van der Waals surface area contributed by atoms with Crippen LogP contribution in [-0.2, 0) is 19.6 Å². The Balaban J connectivity index is 2.07. The number of nitrogens with two attached hydrogens (primary N) is 1. The van der Waals surface area contributed by atoms with Crippen LogP contribution in [0.4, 0.5) is 13.2 Å². The van der Waals surface area contributed by atoms with Crippen LogP contribution < -0.4 is 10.5 Å². The van der Waals surface area contributed by atoms with E-state index in [1.54, 1.807) is 0 Å². The minimum atomic E-state index is -4.41. The maximum atomic E-state index is 13.0. The van der Waals surface area contributed by atoms with Crippen LogP contribution in [0.15, 0.2) is 48.5 Å². The molecule has 6 heteroatoms. The van der Waals surface area contributed by atoms with Gasteiger partial charge in [-0.3, -0.25) is 0 Å². The lowest BCUT2D eigenvalue weighted by Gasteiger charge is -2.14. The monoisotopic (exact) mass is 362 g/mol. The SMILES string of the molecule is CCC(N)Cc1c(Oc2cccc(C(F)(F)F)c2)n(C)c2ccccc12. The number of alkyl halides is 3. The fourth-order valence-electron chi connectivity index (χ4n) is 3.03. The fourth-order valence-corrected chi connectivity index (χ4v) is 3.03. The number of ether oxygens (including phenoxy) is 1. The van der Waals surface area contributed by atoms with Crippen molar-refractivity contribution >= 4 is 10.9 Å². The maximum Gasteiger partial charge on any atom is 0.416 e. The van der Waals surface area contributed by atoms with Gasteiger partial charge >= 0.3 is 6.18 Å². The van der Waals surface area contributed by atoms with Crippen LogP contribution in [0, 0.1) is 0 Å². The van der Waals surface area contributed by atoms with Crippen LogP contribution in [0.2, 0.25) is 0 Å². The third-order valence-electron chi connectivity index (χ3n) is 4.52. The van der Waals surface area contributed by atoms with E-state index in [1.165, 1.54) is 12.1 Å². The van der Waals surface area contributed by atoms with Crippen LogP contribution in [0.3, 0.4) is 0 Å². The first kappa shape index (κ1) is 18.3. The van der Waals surface area contributed by atoms with Crippen LogP contribution in [0.1, 0.15) is 24.5 Å². The molecule has 0 bridgehead atoms. The van der Waals surface area contributed by atoms with E-state index in [0.29, 0.717) is 12.3 Å². The highest BCUT2D eigenvalue weighted by atomic mass is 19.4. The first-order valence-corrected chi connectivity index (χ1v) is 8.48. The number of aromatic nitrogens is 1. The molecule has 26 heavy (non-hydrogen) atoms. The highest BCUT2D eigenvalue weighted by molar-refractivity contribution is 5.87. The van der Waals surface area contributed by atoms with E-state index in [9.17, 15) is 13.2 Å². The van der Waals surface area contributed by atoms with Crippen LogP contribution >= 0.6 is 0 Å². The summed E-state index contributed by atoms with van der Waals surface area (Å²) in [6.45, 7) is 2.00. The number of hydrogen-bond donors (Lipinski definition) is 1. The van der Waals surface area contributed by atoms with Gasteiger partial charge in [0.2, 0.25) is 5.88 Å². The van der Waals surface area contributed by atoms with Gasteiger partial charge in [0.25, 0.3) is 0 Å². The molecule has 3 aromatic rings. The predicted octanol–water partition coefficient (Wildman–Crippen LogP) is 5.27. The highest BCUT2D eigenvalue weighted by Crippen LogP contribution is 2.37. The molecule has 138 valence electrons. The van der Waals surface area contributed by atoms with Gasteiger partial charge in [-0.15, -0.1) is 0 Å². The fraction of sp³-hybridized carbons (Fsp3) is 0.300. The van der Waals surface area contributed by atoms with E-state index in [4.69, 9.17) is 10.5 Å². The number of aryl methyl sites for hydroxylation is 1. The second-order valence-corrected chi connectivity index (χ2v) is 6.36. The highest BCUT2D eigenvalue weighted by Gasteiger charge is 2.31. The average molecular weight is 362 g/mol. The normalized spacial score (nSPS) is 13.2. The van der Waals surface area contributed by atoms with Gasteiger partial charge in [-0.25, -0.2) is 0 Å². The van der Waals surface area contributed by atoms with Gasteiger partial charge < -0.3 is 15.0 Å². The molecule has 2 aromatic carbocycles. The standard InChI is InChI=1S/C20H21F3N2O/c1-3-14(24)12-17-16-9-4-5-10-18(16)25(2)19(17)26-15-8-6-7-13(11-15)20(21,22)23/h4-11,14H,3,12,24H2,1-2H3. The predicted molar refractivity (Wildman–Crippen MR) is 96.4 cm³/mol. The van der Waals surface area contributed by atoms with Crippen molar-refractivity contribution in [3.05, 3.63) is 59.7 Å². The minimum Gasteiger partial charge on any atom is -0.441 e. The first-order chi connectivity index (χ1) is 12.3. The molecule has 0 aliphatic carbocycles. The Hall–Kier alpha value is -2.47. The third kappa shape index (κ3) is 3.55. The Kier molecular flexibility index (Phi) is 4.96. The lowest BCUT2D eigenvalue weighted by atomic mass is 10.0. The van der Waals surface area contributed by atoms with Crippen molar-refractivity contribution in [2.24, 2.45) is 12.8 Å². The molecular formula is C20H21F3N2O. The van der Waals surface area contributed by atoms with Gasteiger partial charge in [-0.2, -0.15) is 13.2 Å². The van der Waals surface area contributed by atoms with E-state index in [-0.39, 0.29) is 11.8 Å². The molecule has 1 atom stereocenters. The van der Waals surface area contributed by atoms with Gasteiger partial charge in [0.1, 0.15) is 5.75 Å². The summed E-state index contributed by atoms with van der Waals surface area (Å²) in [6.07, 6.45) is -3.02. The Morgan fingerprint density at radius 2 is 1.85 bits per heavy atom. The molecule has 3 rings (SSSR count). The zero-order chi connectivity index (χ0) is 18.9. The van der Waals surface area contributed by atoms with Crippen molar-refractivity contribution in [3.8, 4) is 11.6 Å². The van der Waals surface area contributed by atoms with Gasteiger partial charge in [0.05, 0.1) is 11.1 Å². The van der Waals surface area contributed by atoms with Crippen molar-refractivity contribution in [1.29, 1.82) is 0 Å². The molecule has 1 unspecified atom stereocenters. The Morgan fingerprint density at radius 1 is 1.12 bits per heavy atom. The molecule has 1 heterocycles. The average Bonchev–Trinajstić information content (AvgIpc) is 2.87. The van der Waals surface area contributed by atoms with E-state index >= 15 is 0 Å². The quantitative estimate of drug-likeness (QED) is 0.672. The van der Waals surface area contributed by atoms with Gasteiger partial charge in [0.15, 0.2) is 0 Å². The molecule has 2 N–H and O–H groups in total. The number of benzene rings is 2. The lowest BCUT2D eigenvalue weighted by molar-refractivity contribution is -0.137. The van der Waals surface area contributed by atoms with E-state index in [2.05, 4.69) is 0 Å². The van der Waals surface area contributed by atoms with Gasteiger partial charge in [-0.05, 0) is 37.1 Å². The summed E-state index contributed by atoms with van der Waals surface area (Å²) >= 11 is 0. The molecule has 1 aromatic heterocycles. The van der Waals surface area contributed by atoms with Gasteiger partial charge in [0, 0.05) is 24.0 Å². The second kappa shape index (κ2) is 7.03. The molecule has 0 saturated heterocycles. The number of nitrogens with zero attached hydrogens (tertiary/aromatic N) is 1. The van der Waals surface area contributed by atoms with Crippen molar-refractivity contribution < 1.29 is 17.9 Å². The van der Waals surface area contributed by atoms with Gasteiger partial charge in [-0.1, -0.05) is 31.2 Å².